The number of halogens is 4. The molecule has 1 fully saturated rings. The van der Waals surface area contributed by atoms with Crippen molar-refractivity contribution in [1.29, 1.82) is 0 Å². The smallest absolute Gasteiger partial charge is 0.133 e. The van der Waals surface area contributed by atoms with Crippen LogP contribution in [0.15, 0.2) is 18.3 Å². The van der Waals surface area contributed by atoms with Crippen molar-refractivity contribution < 1.29 is 0 Å². The Morgan fingerprint density at radius 1 is 1.41 bits per heavy atom. The molecule has 2 rings (SSSR count). The van der Waals surface area contributed by atoms with E-state index in [0.717, 1.165) is 25.2 Å². The zero-order valence-corrected chi connectivity index (χ0v) is 12.6. The summed E-state index contributed by atoms with van der Waals surface area (Å²) >= 11 is 6.06. The zero-order valence-electron chi connectivity index (χ0n) is 9.43. The summed E-state index contributed by atoms with van der Waals surface area (Å²) in [6, 6.07) is 4.33. The van der Waals surface area contributed by atoms with Crippen LogP contribution in [0.5, 0.6) is 0 Å². The number of hydrogen-bond donors (Lipinski definition) is 1. The number of aromatic nitrogens is 1. The largest absolute Gasteiger partial charge is 0.314 e. The molecular formula is C10H17Cl4N3. The molecule has 3 nitrogen and oxygen atoms in total. The Morgan fingerprint density at radius 2 is 2.12 bits per heavy atom. The van der Waals surface area contributed by atoms with Crippen LogP contribution in [0.2, 0.25) is 5.15 Å². The highest BCUT2D eigenvalue weighted by Gasteiger charge is 2.22. The Labute approximate surface area is 126 Å². The second kappa shape index (κ2) is 9.20. The molecule has 1 aromatic heterocycles. The molecule has 100 valence electrons. The molecule has 7 heteroatoms. The van der Waals surface area contributed by atoms with Gasteiger partial charge in [-0.25, -0.2) is 4.98 Å². The standard InChI is InChI=1S/C10H14ClN3.3ClH/c1-14-6-5-12-7-9(14)8-3-2-4-13-10(8)11;;;/h2-4,9,12H,5-7H2,1H3;3*1H. The first-order valence-corrected chi connectivity index (χ1v) is 5.18. The summed E-state index contributed by atoms with van der Waals surface area (Å²) in [6.07, 6.45) is 1.72. The van der Waals surface area contributed by atoms with Gasteiger partial charge in [-0.05, 0) is 13.1 Å². The van der Waals surface area contributed by atoms with E-state index in [1.807, 2.05) is 12.1 Å². The van der Waals surface area contributed by atoms with E-state index in [0.29, 0.717) is 11.2 Å². The second-order valence-corrected chi connectivity index (χ2v) is 3.94. The van der Waals surface area contributed by atoms with Crippen LogP contribution in [-0.2, 0) is 0 Å². The maximum absolute atomic E-state index is 6.06. The maximum Gasteiger partial charge on any atom is 0.133 e. The summed E-state index contributed by atoms with van der Waals surface area (Å²) in [7, 11) is 2.12. The third-order valence-corrected chi connectivity index (χ3v) is 2.97. The van der Waals surface area contributed by atoms with E-state index >= 15 is 0 Å². The van der Waals surface area contributed by atoms with E-state index in [1.54, 1.807) is 6.20 Å². The van der Waals surface area contributed by atoms with Gasteiger partial charge in [0.05, 0.1) is 6.04 Å². The van der Waals surface area contributed by atoms with Gasteiger partial charge in [-0.1, -0.05) is 17.7 Å². The molecule has 1 aliphatic rings. The van der Waals surface area contributed by atoms with Crippen molar-refractivity contribution in [3.8, 4) is 0 Å². The van der Waals surface area contributed by atoms with Gasteiger partial charge in [-0.15, -0.1) is 37.2 Å². The van der Waals surface area contributed by atoms with Gasteiger partial charge in [-0.3, -0.25) is 4.90 Å². The zero-order chi connectivity index (χ0) is 9.97. The molecule has 0 radical (unpaired) electrons. The highest BCUT2D eigenvalue weighted by Crippen LogP contribution is 2.25. The van der Waals surface area contributed by atoms with Crippen molar-refractivity contribution in [1.82, 2.24) is 15.2 Å². The number of nitrogens with zero attached hydrogens (tertiary/aromatic N) is 2. The Hall–Kier alpha value is 0.230. The third-order valence-electron chi connectivity index (χ3n) is 2.66. The van der Waals surface area contributed by atoms with Gasteiger partial charge in [0.15, 0.2) is 0 Å². The first kappa shape index (κ1) is 19.6. The first-order chi connectivity index (χ1) is 6.79. The molecule has 0 saturated carbocycles. The van der Waals surface area contributed by atoms with Gasteiger partial charge >= 0.3 is 0 Å². The molecule has 1 aromatic rings. The predicted molar refractivity (Wildman–Crippen MR) is 79.2 cm³/mol. The lowest BCUT2D eigenvalue weighted by molar-refractivity contribution is 0.202. The summed E-state index contributed by atoms with van der Waals surface area (Å²) in [4.78, 5) is 6.40. The Morgan fingerprint density at radius 3 is 2.71 bits per heavy atom. The SMILES string of the molecule is CN1CCNCC1c1cccnc1Cl.Cl.Cl.Cl. The fraction of sp³-hybridized carbons (Fsp3) is 0.500. The topological polar surface area (TPSA) is 28.2 Å². The number of piperazine rings is 1. The van der Waals surface area contributed by atoms with Crippen LogP contribution < -0.4 is 5.32 Å². The van der Waals surface area contributed by atoms with Gasteiger partial charge in [0, 0.05) is 31.4 Å². The summed E-state index contributed by atoms with van der Waals surface area (Å²) in [5.74, 6) is 0. The fourth-order valence-electron chi connectivity index (χ4n) is 1.80. The van der Waals surface area contributed by atoms with Crippen LogP contribution in [0.1, 0.15) is 11.6 Å². The van der Waals surface area contributed by atoms with Gasteiger partial charge in [0.2, 0.25) is 0 Å². The van der Waals surface area contributed by atoms with Gasteiger partial charge in [0.1, 0.15) is 5.15 Å². The highest BCUT2D eigenvalue weighted by molar-refractivity contribution is 6.30. The molecule has 1 aliphatic heterocycles. The van der Waals surface area contributed by atoms with Crippen molar-refractivity contribution >= 4 is 48.8 Å². The number of likely N-dealkylation sites (N-methyl/N-ethyl adjacent to an activating group) is 1. The molecule has 0 amide bonds. The molecule has 2 heterocycles. The summed E-state index contributed by atoms with van der Waals surface area (Å²) in [5, 5.41) is 3.98. The number of pyridine rings is 1. The first-order valence-electron chi connectivity index (χ1n) is 4.80. The van der Waals surface area contributed by atoms with Crippen LogP contribution >= 0.6 is 48.8 Å². The van der Waals surface area contributed by atoms with Crippen LogP contribution in [0.3, 0.4) is 0 Å². The van der Waals surface area contributed by atoms with Crippen LogP contribution in [0.4, 0.5) is 0 Å². The van der Waals surface area contributed by atoms with E-state index in [-0.39, 0.29) is 37.2 Å². The van der Waals surface area contributed by atoms with E-state index in [9.17, 15) is 0 Å². The molecule has 0 spiro atoms. The Bertz CT molecular complexity index is 324. The minimum Gasteiger partial charge on any atom is -0.314 e. The molecule has 17 heavy (non-hydrogen) atoms. The minimum absolute atomic E-state index is 0. The molecule has 1 N–H and O–H groups in total. The lowest BCUT2D eigenvalue weighted by Crippen LogP contribution is -2.43. The van der Waals surface area contributed by atoms with Gasteiger partial charge < -0.3 is 5.32 Å². The van der Waals surface area contributed by atoms with Crippen LogP contribution in [-0.4, -0.2) is 36.6 Å². The van der Waals surface area contributed by atoms with E-state index in [1.165, 1.54) is 0 Å². The fourth-order valence-corrected chi connectivity index (χ4v) is 2.05. The van der Waals surface area contributed by atoms with Crippen LogP contribution in [0.25, 0.3) is 0 Å². The lowest BCUT2D eigenvalue weighted by Gasteiger charge is -2.33. The molecule has 1 atom stereocenters. The Kier molecular flexibility index (Phi) is 10.6. The molecular weight excluding hydrogens is 304 g/mol. The highest BCUT2D eigenvalue weighted by atomic mass is 35.5. The van der Waals surface area contributed by atoms with E-state index < -0.39 is 0 Å². The number of nitrogens with one attached hydrogen (secondary N) is 1. The molecule has 1 unspecified atom stereocenters. The number of rotatable bonds is 1. The Balaban J connectivity index is 0. The van der Waals surface area contributed by atoms with E-state index in [4.69, 9.17) is 11.6 Å². The monoisotopic (exact) mass is 319 g/mol. The summed E-state index contributed by atoms with van der Waals surface area (Å²) in [6.45, 7) is 3.04. The summed E-state index contributed by atoms with van der Waals surface area (Å²) < 4.78 is 0. The molecule has 1 saturated heterocycles. The number of hydrogen-bond acceptors (Lipinski definition) is 3. The van der Waals surface area contributed by atoms with E-state index in [2.05, 4.69) is 22.2 Å². The molecule has 0 aliphatic carbocycles. The van der Waals surface area contributed by atoms with Crippen molar-refractivity contribution in [3.63, 3.8) is 0 Å². The van der Waals surface area contributed by atoms with Crippen LogP contribution in [0, 0.1) is 0 Å². The second-order valence-electron chi connectivity index (χ2n) is 3.58. The third kappa shape index (κ3) is 4.78. The summed E-state index contributed by atoms with van der Waals surface area (Å²) in [5.41, 5.74) is 1.11. The lowest BCUT2D eigenvalue weighted by atomic mass is 10.1. The van der Waals surface area contributed by atoms with Crippen molar-refractivity contribution in [2.45, 2.75) is 6.04 Å². The van der Waals surface area contributed by atoms with Crippen molar-refractivity contribution in [2.75, 3.05) is 26.7 Å². The quantitative estimate of drug-likeness (QED) is 0.806. The van der Waals surface area contributed by atoms with Crippen molar-refractivity contribution in [3.05, 3.63) is 29.0 Å². The van der Waals surface area contributed by atoms with Gasteiger partial charge in [-0.2, -0.15) is 0 Å². The average Bonchev–Trinajstić information content (AvgIpc) is 2.20. The maximum atomic E-state index is 6.06. The molecule has 0 bridgehead atoms. The van der Waals surface area contributed by atoms with Crippen molar-refractivity contribution in [2.24, 2.45) is 0 Å². The normalized spacial score (nSPS) is 19.5. The average molecular weight is 321 g/mol. The molecule has 0 aromatic carbocycles. The minimum atomic E-state index is 0. The predicted octanol–water partition coefficient (Wildman–Crippen LogP) is 2.58. The van der Waals surface area contributed by atoms with Gasteiger partial charge in [0.25, 0.3) is 0 Å².